The first-order valence-electron chi connectivity index (χ1n) is 17.3. The molecule has 0 bridgehead atoms. The molecule has 1 unspecified atom stereocenters. The maximum atomic E-state index is 14.3. The number of amides is 5. The number of carbonyl (C=O) groups excluding carboxylic acids is 5. The third kappa shape index (κ3) is 10.3. The van der Waals surface area contributed by atoms with Crippen LogP contribution in [0.1, 0.15) is 87.0 Å². The number of sulfonamides is 1. The summed E-state index contributed by atoms with van der Waals surface area (Å²) in [7, 11) is -2.29. The fraction of sp³-hybridized carbons (Fsp3) is 0.735. The Hall–Kier alpha value is -3.04. The van der Waals surface area contributed by atoms with Gasteiger partial charge in [0, 0.05) is 26.2 Å². The summed E-state index contributed by atoms with van der Waals surface area (Å²) in [5.74, 6) is -2.84. The Balaban J connectivity index is 1.79. The van der Waals surface area contributed by atoms with Crippen LogP contribution in [0.15, 0.2) is 21.7 Å². The van der Waals surface area contributed by atoms with E-state index in [2.05, 4.69) is 16.0 Å². The summed E-state index contributed by atoms with van der Waals surface area (Å²) >= 11 is 1.11. The van der Waals surface area contributed by atoms with Crippen LogP contribution in [0, 0.1) is 29.1 Å². The van der Waals surface area contributed by atoms with E-state index in [1.807, 2.05) is 48.5 Å². The summed E-state index contributed by atoms with van der Waals surface area (Å²) in [6, 6.07) is -1.07. The Bertz CT molecular complexity index is 1440. The van der Waals surface area contributed by atoms with Gasteiger partial charge in [-0.15, -0.1) is 11.3 Å². The maximum absolute atomic E-state index is 14.3. The standard InChI is InChI=1S/C34H56N6O7S2/c1-20(2)23-16-17-40(27(23)31(43)36-24(28(41)30(35)42)15-14-22-11-9-12-22)32(44)29(34(5,6)7)38-33(45)37-25(21(3)4)19-39(8)49(46,47)26-13-10-18-48-26/h10,13,18,20-25,27,29H,9,11-12,14-17,19H2,1-8H3,(H2,35,42)(H,36,43)(H2,37,38,45)/t23-,24?,25-,27+,29-/m1/s1. The molecule has 3 rings (SSSR count). The lowest BCUT2D eigenvalue weighted by Crippen LogP contribution is -2.62. The van der Waals surface area contributed by atoms with Crippen LogP contribution in [-0.2, 0) is 29.2 Å². The topological polar surface area (TPSA) is 188 Å². The molecule has 49 heavy (non-hydrogen) atoms. The van der Waals surface area contributed by atoms with Crippen molar-refractivity contribution < 1.29 is 32.4 Å². The van der Waals surface area contributed by atoms with Crippen LogP contribution in [-0.4, -0.2) is 91.5 Å². The average Bonchev–Trinajstić information content (AvgIpc) is 3.68. The van der Waals surface area contributed by atoms with Crippen LogP contribution < -0.4 is 21.7 Å². The highest BCUT2D eigenvalue weighted by molar-refractivity contribution is 7.91. The van der Waals surface area contributed by atoms with Gasteiger partial charge in [-0.3, -0.25) is 19.2 Å². The molecule has 0 spiro atoms. The summed E-state index contributed by atoms with van der Waals surface area (Å²) < 4.78 is 27.5. The number of ketones is 1. The molecule has 2 aliphatic rings. The molecule has 15 heteroatoms. The van der Waals surface area contributed by atoms with Crippen molar-refractivity contribution in [3.05, 3.63) is 17.5 Å². The highest BCUT2D eigenvalue weighted by Crippen LogP contribution is 2.34. The van der Waals surface area contributed by atoms with Gasteiger partial charge < -0.3 is 26.6 Å². The van der Waals surface area contributed by atoms with E-state index in [1.165, 1.54) is 22.3 Å². The molecule has 1 saturated carbocycles. The summed E-state index contributed by atoms with van der Waals surface area (Å²) in [4.78, 5) is 67.9. The molecule has 0 aromatic carbocycles. The van der Waals surface area contributed by atoms with Gasteiger partial charge in [0.2, 0.25) is 17.6 Å². The number of urea groups is 1. The molecule has 2 fully saturated rings. The first kappa shape index (κ1) is 40.4. The number of rotatable bonds is 16. The van der Waals surface area contributed by atoms with E-state index in [0.717, 1.165) is 30.6 Å². The molecule has 0 radical (unpaired) electrons. The Labute approximate surface area is 295 Å². The molecule has 13 nitrogen and oxygen atoms in total. The lowest BCUT2D eigenvalue weighted by molar-refractivity contribution is -0.144. The largest absolute Gasteiger partial charge is 0.363 e. The van der Waals surface area contributed by atoms with Crippen LogP contribution in [0.25, 0.3) is 0 Å². The molecule has 5 N–H and O–H groups in total. The van der Waals surface area contributed by atoms with Gasteiger partial charge in [-0.2, -0.15) is 4.31 Å². The van der Waals surface area contributed by atoms with E-state index in [-0.39, 0.29) is 35.1 Å². The van der Waals surface area contributed by atoms with Gasteiger partial charge in [0.15, 0.2) is 0 Å². The second-order valence-electron chi connectivity index (χ2n) is 15.3. The number of hydrogen-bond donors (Lipinski definition) is 4. The van der Waals surface area contributed by atoms with E-state index in [1.54, 1.807) is 11.4 Å². The highest BCUT2D eigenvalue weighted by atomic mass is 32.2. The summed E-state index contributed by atoms with van der Waals surface area (Å²) in [5, 5.41) is 10.2. The zero-order valence-corrected chi connectivity index (χ0v) is 31.8. The van der Waals surface area contributed by atoms with Crippen molar-refractivity contribution >= 4 is 50.9 Å². The van der Waals surface area contributed by atoms with Crippen molar-refractivity contribution in [2.75, 3.05) is 20.1 Å². The van der Waals surface area contributed by atoms with E-state index in [4.69, 9.17) is 5.73 Å². The molecule has 1 aliphatic heterocycles. The molecular formula is C34H56N6O7S2. The van der Waals surface area contributed by atoms with E-state index in [0.29, 0.717) is 25.2 Å². The minimum Gasteiger partial charge on any atom is -0.363 e. The normalized spacial score (nSPS) is 20.5. The molecule has 1 saturated heterocycles. The van der Waals surface area contributed by atoms with Gasteiger partial charge in [-0.1, -0.05) is 73.8 Å². The van der Waals surface area contributed by atoms with Crippen molar-refractivity contribution in [2.24, 2.45) is 34.8 Å². The predicted molar refractivity (Wildman–Crippen MR) is 189 cm³/mol. The lowest BCUT2D eigenvalue weighted by Gasteiger charge is -2.37. The molecule has 1 aliphatic carbocycles. The Morgan fingerprint density at radius 1 is 1.04 bits per heavy atom. The van der Waals surface area contributed by atoms with Crippen LogP contribution in [0.5, 0.6) is 0 Å². The summed E-state index contributed by atoms with van der Waals surface area (Å²) in [6.45, 7) is 13.4. The number of primary amides is 1. The van der Waals surface area contributed by atoms with Gasteiger partial charge in [0.1, 0.15) is 16.3 Å². The van der Waals surface area contributed by atoms with Crippen molar-refractivity contribution in [1.29, 1.82) is 0 Å². The molecule has 1 aromatic heterocycles. The van der Waals surface area contributed by atoms with Crippen molar-refractivity contribution in [2.45, 2.75) is 115 Å². The van der Waals surface area contributed by atoms with Crippen LogP contribution >= 0.6 is 11.3 Å². The second kappa shape index (κ2) is 16.8. The third-order valence-electron chi connectivity index (χ3n) is 9.94. The Morgan fingerprint density at radius 2 is 1.69 bits per heavy atom. The zero-order valence-electron chi connectivity index (χ0n) is 30.2. The van der Waals surface area contributed by atoms with Gasteiger partial charge in [0.05, 0.1) is 6.04 Å². The first-order valence-corrected chi connectivity index (χ1v) is 19.6. The number of nitrogens with zero attached hydrogens (tertiary/aromatic N) is 2. The zero-order chi connectivity index (χ0) is 36.8. The summed E-state index contributed by atoms with van der Waals surface area (Å²) in [6.07, 6.45) is 4.73. The van der Waals surface area contributed by atoms with E-state index < -0.39 is 69.1 Å². The number of likely N-dealkylation sites (tertiary alicyclic amines) is 1. The molecule has 2 heterocycles. The molecule has 5 atom stereocenters. The third-order valence-corrected chi connectivity index (χ3v) is 13.1. The number of carbonyl (C=O) groups is 5. The number of nitrogens with two attached hydrogens (primary N) is 1. The molecule has 1 aromatic rings. The SMILES string of the molecule is CC(C)[C@H]1CCN(C(=O)[C@@H](NC(=O)N[C@H](CN(C)S(=O)(=O)c2cccs2)C(C)C)C(C)(C)C)[C@@H]1C(=O)NC(CCC1CCC1)C(=O)C(N)=O. The molecule has 276 valence electrons. The van der Waals surface area contributed by atoms with E-state index >= 15 is 0 Å². The van der Waals surface area contributed by atoms with Crippen LogP contribution in [0.2, 0.25) is 0 Å². The van der Waals surface area contributed by atoms with Crippen molar-refractivity contribution in [3.63, 3.8) is 0 Å². The minimum absolute atomic E-state index is 0.00975. The first-order chi connectivity index (χ1) is 22.7. The second-order valence-corrected chi connectivity index (χ2v) is 18.5. The number of Topliss-reactive ketones (excluding diaryl/α,β-unsaturated/α-hetero) is 1. The lowest BCUT2D eigenvalue weighted by atomic mass is 9.81. The maximum Gasteiger partial charge on any atom is 0.315 e. The van der Waals surface area contributed by atoms with E-state index in [9.17, 15) is 32.4 Å². The molecular weight excluding hydrogens is 669 g/mol. The van der Waals surface area contributed by atoms with Gasteiger partial charge in [-0.25, -0.2) is 13.2 Å². The predicted octanol–water partition coefficient (Wildman–Crippen LogP) is 3.10. The van der Waals surface area contributed by atoms with Crippen molar-refractivity contribution in [3.8, 4) is 0 Å². The van der Waals surface area contributed by atoms with Gasteiger partial charge in [0.25, 0.3) is 15.9 Å². The summed E-state index contributed by atoms with van der Waals surface area (Å²) in [5.41, 5.74) is 4.57. The van der Waals surface area contributed by atoms with Crippen LogP contribution in [0.3, 0.4) is 0 Å². The minimum atomic E-state index is -3.75. The monoisotopic (exact) mass is 724 g/mol. The Morgan fingerprint density at radius 3 is 2.18 bits per heavy atom. The molecule has 5 amide bonds. The number of likely N-dealkylation sites (N-methyl/N-ethyl adjacent to an activating group) is 1. The number of nitrogens with one attached hydrogen (secondary N) is 3. The Kier molecular flexibility index (Phi) is 13.8. The smallest absolute Gasteiger partial charge is 0.315 e. The fourth-order valence-corrected chi connectivity index (χ4v) is 8.89. The van der Waals surface area contributed by atoms with Crippen molar-refractivity contribution in [1.82, 2.24) is 25.2 Å². The quantitative estimate of drug-likeness (QED) is 0.189. The number of hydrogen-bond acceptors (Lipinski definition) is 8. The van der Waals surface area contributed by atoms with Gasteiger partial charge in [-0.05, 0) is 59.8 Å². The highest BCUT2D eigenvalue weighted by Gasteiger charge is 2.48. The fourth-order valence-electron chi connectivity index (χ4n) is 6.50. The number of thiophene rings is 1. The average molecular weight is 725 g/mol. The van der Waals surface area contributed by atoms with Crippen LogP contribution in [0.4, 0.5) is 4.79 Å². The van der Waals surface area contributed by atoms with Gasteiger partial charge >= 0.3 is 6.03 Å².